The molecule has 0 saturated heterocycles. The Hall–Kier alpha value is -2.69. The lowest BCUT2D eigenvalue weighted by Gasteiger charge is -2.45. The van der Waals surface area contributed by atoms with Crippen molar-refractivity contribution in [1.82, 2.24) is 9.88 Å². The first-order valence-electron chi connectivity index (χ1n) is 11.1. The van der Waals surface area contributed by atoms with Crippen molar-refractivity contribution in [1.29, 1.82) is 0 Å². The number of hydrogen-bond donors (Lipinski definition) is 1. The van der Waals surface area contributed by atoms with E-state index in [9.17, 15) is 9.59 Å². The Morgan fingerprint density at radius 2 is 1.73 bits per heavy atom. The van der Waals surface area contributed by atoms with Gasteiger partial charge in [-0.2, -0.15) is 0 Å². The van der Waals surface area contributed by atoms with Crippen LogP contribution in [-0.4, -0.2) is 33.8 Å². The first-order chi connectivity index (χ1) is 14.5. The molecule has 0 aliphatic heterocycles. The standard InChI is InChI=1S/C25H33N3O2/c1-4-5-18-28(23(29)21-14-7-10-17-26-21)25(15-8-6-9-16-25)24(30)27-22-19(2)12-11-13-20(22)3/h7,10-14,17H,4-6,8-9,15-16,18H2,1-3H3,(H,27,30). The van der Waals surface area contributed by atoms with Crippen LogP contribution in [0.15, 0.2) is 42.6 Å². The number of nitrogens with zero attached hydrogens (tertiary/aromatic N) is 2. The maximum absolute atomic E-state index is 13.8. The van der Waals surface area contributed by atoms with Crippen molar-refractivity contribution in [2.45, 2.75) is 71.3 Å². The molecule has 1 heterocycles. The van der Waals surface area contributed by atoms with Gasteiger partial charge in [-0.05, 0) is 56.4 Å². The van der Waals surface area contributed by atoms with Gasteiger partial charge in [0.1, 0.15) is 11.2 Å². The van der Waals surface area contributed by atoms with Gasteiger partial charge in [-0.3, -0.25) is 14.6 Å². The average Bonchev–Trinajstić information content (AvgIpc) is 2.77. The molecule has 1 fully saturated rings. The van der Waals surface area contributed by atoms with E-state index >= 15 is 0 Å². The highest BCUT2D eigenvalue weighted by Crippen LogP contribution is 2.37. The lowest BCUT2D eigenvalue weighted by atomic mass is 9.78. The Bertz CT molecular complexity index is 853. The molecule has 2 amide bonds. The Kier molecular flexibility index (Phi) is 7.24. The van der Waals surface area contributed by atoms with Crippen LogP contribution < -0.4 is 5.32 Å². The summed E-state index contributed by atoms with van der Waals surface area (Å²) in [6.45, 7) is 6.67. The van der Waals surface area contributed by atoms with Gasteiger partial charge in [0.15, 0.2) is 0 Å². The smallest absolute Gasteiger partial charge is 0.273 e. The van der Waals surface area contributed by atoms with Crippen molar-refractivity contribution < 1.29 is 9.59 Å². The number of carbonyl (C=O) groups excluding carboxylic acids is 2. The summed E-state index contributed by atoms with van der Waals surface area (Å²) in [5, 5.41) is 3.20. The fraction of sp³-hybridized carbons (Fsp3) is 0.480. The zero-order chi connectivity index (χ0) is 21.6. The molecule has 1 aliphatic rings. The lowest BCUT2D eigenvalue weighted by molar-refractivity contribution is -0.129. The Balaban J connectivity index is 1.99. The van der Waals surface area contributed by atoms with Crippen molar-refractivity contribution in [3.05, 3.63) is 59.4 Å². The van der Waals surface area contributed by atoms with Gasteiger partial charge in [0.25, 0.3) is 5.91 Å². The molecule has 1 saturated carbocycles. The van der Waals surface area contributed by atoms with E-state index in [2.05, 4.69) is 17.2 Å². The molecule has 160 valence electrons. The number of unbranched alkanes of at least 4 members (excludes halogenated alkanes) is 1. The number of pyridine rings is 1. The summed E-state index contributed by atoms with van der Waals surface area (Å²) in [5.41, 5.74) is 2.49. The number of amides is 2. The third-order valence-corrected chi connectivity index (χ3v) is 6.20. The van der Waals surface area contributed by atoms with Gasteiger partial charge in [0.05, 0.1) is 0 Å². The van der Waals surface area contributed by atoms with E-state index in [1.54, 1.807) is 18.3 Å². The number of anilines is 1. The molecular weight excluding hydrogens is 374 g/mol. The lowest BCUT2D eigenvalue weighted by Crippen LogP contribution is -2.60. The molecule has 1 aromatic carbocycles. The third kappa shape index (κ3) is 4.55. The highest BCUT2D eigenvalue weighted by Gasteiger charge is 2.47. The predicted molar refractivity (Wildman–Crippen MR) is 121 cm³/mol. The normalized spacial score (nSPS) is 15.4. The first kappa shape index (κ1) is 22.0. The topological polar surface area (TPSA) is 62.3 Å². The summed E-state index contributed by atoms with van der Waals surface area (Å²) in [7, 11) is 0. The minimum atomic E-state index is -0.837. The fourth-order valence-corrected chi connectivity index (χ4v) is 4.45. The zero-order valence-corrected chi connectivity index (χ0v) is 18.4. The fourth-order valence-electron chi connectivity index (χ4n) is 4.45. The minimum absolute atomic E-state index is 0.0695. The summed E-state index contributed by atoms with van der Waals surface area (Å²) in [6, 6.07) is 11.4. The van der Waals surface area contributed by atoms with Gasteiger partial charge < -0.3 is 10.2 Å². The van der Waals surface area contributed by atoms with Gasteiger partial charge >= 0.3 is 0 Å². The van der Waals surface area contributed by atoms with E-state index < -0.39 is 5.54 Å². The second-order valence-electron chi connectivity index (χ2n) is 8.34. The van der Waals surface area contributed by atoms with Crippen LogP contribution in [0.3, 0.4) is 0 Å². The maximum Gasteiger partial charge on any atom is 0.273 e. The number of benzene rings is 1. The third-order valence-electron chi connectivity index (χ3n) is 6.20. The van der Waals surface area contributed by atoms with Crippen LogP contribution in [0.2, 0.25) is 0 Å². The van der Waals surface area contributed by atoms with E-state index in [1.807, 2.05) is 43.0 Å². The van der Waals surface area contributed by atoms with Crippen molar-refractivity contribution in [2.24, 2.45) is 0 Å². The Morgan fingerprint density at radius 1 is 1.03 bits per heavy atom. The van der Waals surface area contributed by atoms with E-state index in [-0.39, 0.29) is 11.8 Å². The summed E-state index contributed by atoms with van der Waals surface area (Å²) in [4.78, 5) is 33.4. The first-order valence-corrected chi connectivity index (χ1v) is 11.1. The number of aromatic nitrogens is 1. The molecule has 1 aliphatic carbocycles. The average molecular weight is 408 g/mol. The molecule has 0 radical (unpaired) electrons. The summed E-state index contributed by atoms with van der Waals surface area (Å²) in [5.74, 6) is -0.220. The van der Waals surface area contributed by atoms with Gasteiger partial charge in [0, 0.05) is 18.4 Å². The van der Waals surface area contributed by atoms with Crippen LogP contribution in [0.4, 0.5) is 5.69 Å². The molecule has 3 rings (SSSR count). The van der Waals surface area contributed by atoms with Gasteiger partial charge in [-0.15, -0.1) is 0 Å². The van der Waals surface area contributed by atoms with Gasteiger partial charge in [-0.25, -0.2) is 0 Å². The monoisotopic (exact) mass is 407 g/mol. The second-order valence-corrected chi connectivity index (χ2v) is 8.34. The van der Waals surface area contributed by atoms with E-state index in [4.69, 9.17) is 0 Å². The van der Waals surface area contributed by atoms with E-state index in [0.717, 1.165) is 48.9 Å². The SMILES string of the molecule is CCCCN(C(=O)c1ccccn1)C1(C(=O)Nc2c(C)cccc2C)CCCCC1. The molecule has 5 heteroatoms. The zero-order valence-electron chi connectivity index (χ0n) is 18.4. The highest BCUT2D eigenvalue weighted by atomic mass is 16.2. The molecule has 2 aromatic rings. The summed E-state index contributed by atoms with van der Waals surface area (Å²) < 4.78 is 0. The van der Waals surface area contributed by atoms with Crippen molar-refractivity contribution in [3.63, 3.8) is 0 Å². The molecule has 30 heavy (non-hydrogen) atoms. The molecule has 1 aromatic heterocycles. The number of carbonyl (C=O) groups is 2. The van der Waals surface area contributed by atoms with Crippen molar-refractivity contribution in [2.75, 3.05) is 11.9 Å². The van der Waals surface area contributed by atoms with Gasteiger partial charge in [-0.1, -0.05) is 56.9 Å². The number of hydrogen-bond acceptors (Lipinski definition) is 3. The largest absolute Gasteiger partial charge is 0.324 e. The molecule has 1 N–H and O–H groups in total. The van der Waals surface area contributed by atoms with Crippen LogP contribution in [0.1, 0.15) is 73.5 Å². The van der Waals surface area contributed by atoms with Crippen LogP contribution >= 0.6 is 0 Å². The number of aryl methyl sites for hydroxylation is 2. The van der Waals surface area contributed by atoms with Crippen molar-refractivity contribution in [3.8, 4) is 0 Å². The predicted octanol–water partition coefficient (Wildman–Crippen LogP) is 5.28. The van der Waals surface area contributed by atoms with Crippen molar-refractivity contribution >= 4 is 17.5 Å². The molecule has 0 bridgehead atoms. The number of nitrogens with one attached hydrogen (secondary N) is 1. The summed E-state index contributed by atoms with van der Waals surface area (Å²) in [6.07, 6.45) is 7.81. The van der Waals surface area contributed by atoms with E-state index in [0.29, 0.717) is 25.1 Å². The van der Waals surface area contributed by atoms with Crippen LogP contribution in [-0.2, 0) is 4.79 Å². The van der Waals surface area contributed by atoms with E-state index in [1.165, 1.54) is 0 Å². The maximum atomic E-state index is 13.8. The second kappa shape index (κ2) is 9.88. The highest BCUT2D eigenvalue weighted by molar-refractivity contribution is 6.03. The number of para-hydroxylation sites is 1. The Labute approximate surface area is 179 Å². The molecular formula is C25H33N3O2. The molecule has 5 nitrogen and oxygen atoms in total. The Morgan fingerprint density at radius 3 is 2.33 bits per heavy atom. The van der Waals surface area contributed by atoms with Gasteiger partial charge in [0.2, 0.25) is 5.91 Å². The quantitative estimate of drug-likeness (QED) is 0.679. The minimum Gasteiger partial charge on any atom is -0.324 e. The van der Waals surface area contributed by atoms with Crippen LogP contribution in [0.25, 0.3) is 0 Å². The molecule has 0 spiro atoms. The summed E-state index contributed by atoms with van der Waals surface area (Å²) >= 11 is 0. The molecule has 0 unspecified atom stereocenters. The van der Waals surface area contributed by atoms with Crippen LogP contribution in [0.5, 0.6) is 0 Å². The molecule has 0 atom stereocenters. The number of rotatable bonds is 7. The van der Waals surface area contributed by atoms with Crippen LogP contribution in [0, 0.1) is 13.8 Å².